The predicted octanol–water partition coefficient (Wildman–Crippen LogP) is 3.23. The van der Waals surface area contributed by atoms with Crippen molar-refractivity contribution in [3.05, 3.63) is 29.0 Å². The fourth-order valence-corrected chi connectivity index (χ4v) is 3.37. The van der Waals surface area contributed by atoms with E-state index in [4.69, 9.17) is 21.1 Å². The third-order valence-corrected chi connectivity index (χ3v) is 4.35. The van der Waals surface area contributed by atoms with E-state index in [0.29, 0.717) is 18.4 Å². The SMILES string of the molecule is CC(C)(C)OC(=O)N1[C@@H]2COC[C@H]1[C@H](c1ccc(Cl)nc1)C2. The maximum Gasteiger partial charge on any atom is 0.410 e. The molecule has 22 heavy (non-hydrogen) atoms. The molecule has 0 unspecified atom stereocenters. The van der Waals surface area contributed by atoms with Gasteiger partial charge in [0.2, 0.25) is 0 Å². The highest BCUT2D eigenvalue weighted by atomic mass is 35.5. The van der Waals surface area contributed by atoms with Crippen LogP contribution in [-0.2, 0) is 9.47 Å². The summed E-state index contributed by atoms with van der Waals surface area (Å²) >= 11 is 5.86. The first-order valence-corrected chi connectivity index (χ1v) is 7.93. The minimum Gasteiger partial charge on any atom is -0.444 e. The van der Waals surface area contributed by atoms with Crippen molar-refractivity contribution >= 4 is 17.7 Å². The molecule has 1 aromatic rings. The zero-order valence-corrected chi connectivity index (χ0v) is 13.8. The molecule has 1 aromatic heterocycles. The number of fused-ring (bicyclic) bond motifs is 2. The number of carbonyl (C=O) groups is 1. The lowest BCUT2D eigenvalue weighted by atomic mass is 9.93. The third-order valence-electron chi connectivity index (χ3n) is 4.12. The van der Waals surface area contributed by atoms with E-state index < -0.39 is 5.60 Å². The Hall–Kier alpha value is -1.33. The van der Waals surface area contributed by atoms with Crippen molar-refractivity contribution in [1.82, 2.24) is 9.88 Å². The number of aromatic nitrogens is 1. The number of nitrogens with zero attached hydrogens (tertiary/aromatic N) is 2. The molecule has 2 bridgehead atoms. The molecule has 0 spiro atoms. The monoisotopic (exact) mass is 324 g/mol. The van der Waals surface area contributed by atoms with Crippen LogP contribution in [0, 0.1) is 0 Å². The van der Waals surface area contributed by atoms with Gasteiger partial charge in [0.05, 0.1) is 25.3 Å². The number of amides is 1. The largest absolute Gasteiger partial charge is 0.444 e. The Kier molecular flexibility index (Phi) is 4.03. The maximum atomic E-state index is 12.5. The van der Waals surface area contributed by atoms with Gasteiger partial charge in [-0.25, -0.2) is 9.78 Å². The van der Waals surface area contributed by atoms with Crippen molar-refractivity contribution in [2.24, 2.45) is 0 Å². The van der Waals surface area contributed by atoms with E-state index in [1.807, 2.05) is 31.7 Å². The van der Waals surface area contributed by atoms with Crippen LogP contribution in [0.2, 0.25) is 5.15 Å². The molecule has 6 heteroatoms. The standard InChI is InChI=1S/C16H21ClN2O3/c1-16(2,3)22-15(20)19-11-6-12(13(19)9-21-8-11)10-4-5-14(17)18-7-10/h4-5,7,11-13H,6,8-9H2,1-3H3/t11-,12-,13-/m0/s1. The lowest BCUT2D eigenvalue weighted by molar-refractivity contribution is -0.0382. The van der Waals surface area contributed by atoms with E-state index in [1.54, 1.807) is 12.3 Å². The van der Waals surface area contributed by atoms with Gasteiger partial charge < -0.3 is 9.47 Å². The second-order valence-corrected chi connectivity index (χ2v) is 7.29. The van der Waals surface area contributed by atoms with Crippen LogP contribution in [0.5, 0.6) is 0 Å². The lowest BCUT2D eigenvalue weighted by Crippen LogP contribution is -2.51. The zero-order chi connectivity index (χ0) is 15.9. The molecule has 0 radical (unpaired) electrons. The summed E-state index contributed by atoms with van der Waals surface area (Å²) in [4.78, 5) is 18.5. The molecule has 2 aliphatic heterocycles. The Bertz CT molecular complexity index is 556. The Labute approximate surface area is 135 Å². The number of carbonyl (C=O) groups excluding carboxylic acids is 1. The first-order valence-electron chi connectivity index (χ1n) is 7.55. The van der Waals surface area contributed by atoms with Gasteiger partial charge in [0.15, 0.2) is 0 Å². The number of hydrogen-bond acceptors (Lipinski definition) is 4. The lowest BCUT2D eigenvalue weighted by Gasteiger charge is -2.36. The molecule has 3 atom stereocenters. The van der Waals surface area contributed by atoms with Gasteiger partial charge in [0.1, 0.15) is 10.8 Å². The quantitative estimate of drug-likeness (QED) is 0.744. The Morgan fingerprint density at radius 1 is 1.41 bits per heavy atom. The molecule has 2 fully saturated rings. The molecule has 120 valence electrons. The molecule has 0 N–H and O–H groups in total. The number of pyridine rings is 1. The second kappa shape index (κ2) is 5.70. The fraction of sp³-hybridized carbons (Fsp3) is 0.625. The van der Waals surface area contributed by atoms with Crippen LogP contribution in [-0.4, -0.2) is 46.9 Å². The third kappa shape index (κ3) is 3.06. The number of halogens is 1. The van der Waals surface area contributed by atoms with E-state index >= 15 is 0 Å². The molecule has 2 saturated heterocycles. The van der Waals surface area contributed by atoms with Gasteiger partial charge in [-0.1, -0.05) is 17.7 Å². The Morgan fingerprint density at radius 3 is 2.82 bits per heavy atom. The van der Waals surface area contributed by atoms with Crippen LogP contribution >= 0.6 is 11.6 Å². The topological polar surface area (TPSA) is 51.7 Å². The molecule has 1 amide bonds. The summed E-state index contributed by atoms with van der Waals surface area (Å²) in [5.41, 5.74) is 0.600. The molecule has 0 aliphatic carbocycles. The van der Waals surface area contributed by atoms with Crippen LogP contribution < -0.4 is 0 Å². The molecule has 5 nitrogen and oxygen atoms in total. The molecule has 3 rings (SSSR count). The average Bonchev–Trinajstić information content (AvgIpc) is 2.65. The first kappa shape index (κ1) is 15.6. The van der Waals surface area contributed by atoms with Crippen molar-refractivity contribution in [2.75, 3.05) is 13.2 Å². The summed E-state index contributed by atoms with van der Waals surface area (Å²) in [5, 5.41) is 0.477. The van der Waals surface area contributed by atoms with Crippen LogP contribution in [0.1, 0.15) is 38.7 Å². The highest BCUT2D eigenvalue weighted by Gasteiger charge is 2.48. The van der Waals surface area contributed by atoms with Gasteiger partial charge in [0, 0.05) is 12.1 Å². The highest BCUT2D eigenvalue weighted by molar-refractivity contribution is 6.29. The Balaban J connectivity index is 1.82. The molecule has 2 aliphatic rings. The van der Waals surface area contributed by atoms with Crippen molar-refractivity contribution in [1.29, 1.82) is 0 Å². The molecule has 0 saturated carbocycles. The van der Waals surface area contributed by atoms with Crippen molar-refractivity contribution in [2.45, 2.75) is 50.8 Å². The van der Waals surface area contributed by atoms with Gasteiger partial charge in [-0.2, -0.15) is 0 Å². The Morgan fingerprint density at radius 2 is 2.18 bits per heavy atom. The van der Waals surface area contributed by atoms with Gasteiger partial charge in [-0.3, -0.25) is 4.90 Å². The summed E-state index contributed by atoms with van der Waals surface area (Å²) in [5.74, 6) is 0.213. The first-order chi connectivity index (χ1) is 10.3. The van der Waals surface area contributed by atoms with E-state index in [0.717, 1.165) is 12.0 Å². The van der Waals surface area contributed by atoms with Crippen LogP contribution in [0.4, 0.5) is 4.79 Å². The minimum atomic E-state index is -0.494. The molecule has 3 heterocycles. The summed E-state index contributed by atoms with van der Waals surface area (Å²) in [7, 11) is 0. The predicted molar refractivity (Wildman–Crippen MR) is 83.1 cm³/mol. The fourth-order valence-electron chi connectivity index (χ4n) is 3.26. The number of rotatable bonds is 1. The number of ether oxygens (including phenoxy) is 2. The highest BCUT2D eigenvalue weighted by Crippen LogP contribution is 2.41. The van der Waals surface area contributed by atoms with Gasteiger partial charge >= 0.3 is 6.09 Å². The summed E-state index contributed by atoms with van der Waals surface area (Å²) in [6.07, 6.45) is 2.41. The van der Waals surface area contributed by atoms with Crippen LogP contribution in [0.3, 0.4) is 0 Å². The summed E-state index contributed by atoms with van der Waals surface area (Å²) < 4.78 is 11.2. The smallest absolute Gasteiger partial charge is 0.410 e. The minimum absolute atomic E-state index is 0.00317. The van der Waals surface area contributed by atoms with Gasteiger partial charge in [-0.05, 0) is 38.8 Å². The molecular weight excluding hydrogens is 304 g/mol. The van der Waals surface area contributed by atoms with Crippen molar-refractivity contribution in [3.63, 3.8) is 0 Å². The van der Waals surface area contributed by atoms with E-state index in [2.05, 4.69) is 4.98 Å². The van der Waals surface area contributed by atoms with E-state index in [-0.39, 0.29) is 24.1 Å². The molecular formula is C16H21ClN2O3. The van der Waals surface area contributed by atoms with E-state index in [9.17, 15) is 4.79 Å². The van der Waals surface area contributed by atoms with Gasteiger partial charge in [-0.15, -0.1) is 0 Å². The summed E-state index contributed by atoms with van der Waals surface area (Å²) in [6, 6.07) is 3.83. The number of hydrogen-bond donors (Lipinski definition) is 0. The van der Waals surface area contributed by atoms with Gasteiger partial charge in [0.25, 0.3) is 0 Å². The van der Waals surface area contributed by atoms with Crippen LogP contribution in [0.15, 0.2) is 18.3 Å². The summed E-state index contributed by atoms with van der Waals surface area (Å²) in [6.45, 7) is 6.74. The van der Waals surface area contributed by atoms with Crippen molar-refractivity contribution in [3.8, 4) is 0 Å². The maximum absolute atomic E-state index is 12.5. The molecule has 0 aromatic carbocycles. The number of morpholine rings is 1. The average molecular weight is 325 g/mol. The van der Waals surface area contributed by atoms with Crippen molar-refractivity contribution < 1.29 is 14.3 Å². The second-order valence-electron chi connectivity index (χ2n) is 6.90. The zero-order valence-electron chi connectivity index (χ0n) is 13.1. The normalized spacial score (nSPS) is 27.8. The van der Waals surface area contributed by atoms with Crippen LogP contribution in [0.25, 0.3) is 0 Å². The van der Waals surface area contributed by atoms with E-state index in [1.165, 1.54) is 0 Å².